The number of piperazine rings is 1. The third kappa shape index (κ3) is 18.3. The van der Waals surface area contributed by atoms with E-state index in [1.54, 1.807) is 43.1 Å². The molecule has 0 spiro atoms. The van der Waals surface area contributed by atoms with Gasteiger partial charge in [-0.1, -0.05) is 72.7 Å². The van der Waals surface area contributed by atoms with Gasteiger partial charge in [-0.15, -0.1) is 18.3 Å². The average molecular weight is 1090 g/mol. The zero-order chi connectivity index (χ0) is 53.2. The van der Waals surface area contributed by atoms with E-state index in [1.807, 2.05) is 60.7 Å². The summed E-state index contributed by atoms with van der Waals surface area (Å²) in [6.07, 6.45) is 11.9. The van der Waals surface area contributed by atoms with E-state index in [1.165, 1.54) is 22.8 Å². The normalized spacial score (nSPS) is 18.5. The summed E-state index contributed by atoms with van der Waals surface area (Å²) in [5.41, 5.74) is 1.56. The molecule has 1 aliphatic carbocycles. The van der Waals surface area contributed by atoms with E-state index < -0.39 is 5.51 Å². The number of allylic oxidation sites excluding steroid dienone is 1. The van der Waals surface area contributed by atoms with Crippen LogP contribution in [0.3, 0.4) is 0 Å². The van der Waals surface area contributed by atoms with Crippen molar-refractivity contribution in [1.82, 2.24) is 25.3 Å². The van der Waals surface area contributed by atoms with Crippen molar-refractivity contribution in [1.29, 1.82) is 0 Å². The standard InChI is InChI=1S/C59H75ClF3N7O3S2/c1-4-6-29-67(5-2)31-28-51(42-74-53-12-8-7-9-13-53)66-55-26-19-46(37-56(55)75-59(61,62)63)58(73)45-17-23-52(24-18-45)70-34-32-68(33-35-70)39-47-36-43(14-25-54(47)44-15-20-48(60)21-16-44)38-69-30-10-11-49(40-69)65-50(41-71)22-27-57(72)64-3/h4,7-13,15-21,23-24,26,37,43,49-51,65-66,71H,1,5-6,14,22,25,27-36,38-42H2,2-3H3,(H,64,72). The lowest BCUT2D eigenvalue weighted by molar-refractivity contribution is -0.120. The van der Waals surface area contributed by atoms with Gasteiger partial charge in [0.15, 0.2) is 5.78 Å². The number of ketones is 1. The smallest absolute Gasteiger partial charge is 0.395 e. The second-order valence-electron chi connectivity index (χ2n) is 19.9. The number of nitrogens with one attached hydrogen (secondary N) is 3. The summed E-state index contributed by atoms with van der Waals surface area (Å²) in [5.74, 6) is 0.801. The summed E-state index contributed by atoms with van der Waals surface area (Å²) in [6.45, 7) is 15.4. The van der Waals surface area contributed by atoms with E-state index in [4.69, 9.17) is 11.6 Å². The van der Waals surface area contributed by atoms with Crippen LogP contribution >= 0.6 is 35.1 Å². The van der Waals surface area contributed by atoms with E-state index in [-0.39, 0.29) is 58.6 Å². The summed E-state index contributed by atoms with van der Waals surface area (Å²) in [4.78, 5) is 36.6. The monoisotopic (exact) mass is 1090 g/mol. The first kappa shape index (κ1) is 58.1. The minimum atomic E-state index is -4.55. The molecule has 4 atom stereocenters. The number of aliphatic hydroxyl groups is 1. The molecular weight excluding hydrogens is 1010 g/mol. The highest BCUT2D eigenvalue weighted by atomic mass is 35.5. The zero-order valence-corrected chi connectivity index (χ0v) is 45.9. The van der Waals surface area contributed by atoms with Gasteiger partial charge in [-0.2, -0.15) is 13.2 Å². The lowest BCUT2D eigenvalue weighted by Crippen LogP contribution is -2.49. The number of nitrogens with zero attached hydrogens (tertiary/aromatic N) is 4. The molecule has 0 radical (unpaired) electrons. The number of hydrogen-bond donors (Lipinski definition) is 4. The molecule has 1 fully saturated rings. The quantitative estimate of drug-likeness (QED) is 0.0261. The minimum Gasteiger partial charge on any atom is -0.395 e. The maximum absolute atomic E-state index is 14.1. The number of amides is 1. The summed E-state index contributed by atoms with van der Waals surface area (Å²) in [7, 11) is 1.63. The Balaban J connectivity index is 0.971. The number of thioether (sulfide) groups is 2. The van der Waals surface area contributed by atoms with Crippen LogP contribution in [0.5, 0.6) is 0 Å². The molecule has 4 aromatic rings. The first-order valence-electron chi connectivity index (χ1n) is 26.5. The predicted molar refractivity (Wildman–Crippen MR) is 305 cm³/mol. The Bertz CT molecular complexity index is 2510. The van der Waals surface area contributed by atoms with Gasteiger partial charge in [-0.05, 0) is 141 Å². The van der Waals surface area contributed by atoms with Crippen molar-refractivity contribution < 1.29 is 27.9 Å². The van der Waals surface area contributed by atoms with Crippen molar-refractivity contribution in [3.8, 4) is 0 Å². The second kappa shape index (κ2) is 29.2. The van der Waals surface area contributed by atoms with Gasteiger partial charge in [-0.3, -0.25) is 19.4 Å². The summed E-state index contributed by atoms with van der Waals surface area (Å²) in [6, 6.07) is 30.2. The highest BCUT2D eigenvalue weighted by molar-refractivity contribution is 8.00. The van der Waals surface area contributed by atoms with Gasteiger partial charge >= 0.3 is 5.51 Å². The first-order chi connectivity index (χ1) is 36.3. The number of rotatable bonds is 27. The van der Waals surface area contributed by atoms with Gasteiger partial charge in [0.1, 0.15) is 0 Å². The van der Waals surface area contributed by atoms with Crippen molar-refractivity contribution in [2.24, 2.45) is 5.92 Å². The van der Waals surface area contributed by atoms with E-state index in [0.717, 1.165) is 120 Å². The highest BCUT2D eigenvalue weighted by Gasteiger charge is 2.32. The molecule has 2 heterocycles. The molecule has 10 nitrogen and oxygen atoms in total. The van der Waals surface area contributed by atoms with Crippen LogP contribution in [0, 0.1) is 5.92 Å². The number of halogens is 4. The number of carbonyl (C=O) groups is 2. The second-order valence-corrected chi connectivity index (χ2v) is 22.5. The van der Waals surface area contributed by atoms with Crippen LogP contribution in [0.4, 0.5) is 24.5 Å². The van der Waals surface area contributed by atoms with Gasteiger partial charge in [0.25, 0.3) is 0 Å². The molecule has 3 aliphatic rings. The fourth-order valence-corrected chi connectivity index (χ4v) is 12.2. The summed E-state index contributed by atoms with van der Waals surface area (Å²) >= 11 is 7.82. The van der Waals surface area contributed by atoms with Gasteiger partial charge in [0.05, 0.1) is 6.61 Å². The largest absolute Gasteiger partial charge is 0.446 e. The molecule has 4 N–H and O–H groups in total. The van der Waals surface area contributed by atoms with Gasteiger partial charge in [0, 0.05) is 140 Å². The van der Waals surface area contributed by atoms with Crippen LogP contribution in [0.15, 0.2) is 137 Å². The summed E-state index contributed by atoms with van der Waals surface area (Å²) < 4.78 is 42.4. The molecule has 1 saturated heterocycles. The molecule has 16 heteroatoms. The molecule has 0 saturated carbocycles. The Hall–Kier alpha value is -4.58. The predicted octanol–water partition coefficient (Wildman–Crippen LogP) is 11.1. The van der Waals surface area contributed by atoms with Gasteiger partial charge in [-0.25, -0.2) is 0 Å². The van der Waals surface area contributed by atoms with Crippen LogP contribution < -0.4 is 20.9 Å². The van der Waals surface area contributed by atoms with E-state index in [0.29, 0.717) is 35.8 Å². The fourth-order valence-electron chi connectivity index (χ4n) is 10.4. The Kier molecular flexibility index (Phi) is 22.7. The number of benzene rings is 4. The van der Waals surface area contributed by atoms with E-state index in [9.17, 15) is 27.9 Å². The third-order valence-corrected chi connectivity index (χ3v) is 16.7. The molecule has 4 aromatic carbocycles. The molecule has 2 aliphatic heterocycles. The van der Waals surface area contributed by atoms with E-state index >= 15 is 0 Å². The molecule has 4 unspecified atom stereocenters. The number of anilines is 2. The molecular formula is C59H75ClF3N7O3S2. The number of alkyl halides is 3. The van der Waals surface area contributed by atoms with Crippen molar-refractivity contribution in [3.63, 3.8) is 0 Å². The van der Waals surface area contributed by atoms with Crippen LogP contribution in [-0.4, -0.2) is 147 Å². The Morgan fingerprint density at radius 2 is 1.68 bits per heavy atom. The van der Waals surface area contributed by atoms with Crippen molar-refractivity contribution >= 4 is 63.8 Å². The van der Waals surface area contributed by atoms with Crippen LogP contribution in [0.2, 0.25) is 5.02 Å². The topological polar surface area (TPSA) is 103 Å². The van der Waals surface area contributed by atoms with Gasteiger partial charge in [0.2, 0.25) is 5.91 Å². The maximum Gasteiger partial charge on any atom is 0.446 e. The van der Waals surface area contributed by atoms with Crippen LogP contribution in [0.25, 0.3) is 5.57 Å². The summed E-state index contributed by atoms with van der Waals surface area (Å²) in [5, 5.41) is 20.4. The molecule has 1 amide bonds. The zero-order valence-electron chi connectivity index (χ0n) is 43.5. The maximum atomic E-state index is 14.1. The van der Waals surface area contributed by atoms with Crippen molar-refractivity contribution in [2.45, 2.75) is 85.3 Å². The Morgan fingerprint density at radius 1 is 0.933 bits per heavy atom. The van der Waals surface area contributed by atoms with E-state index in [2.05, 4.69) is 73.3 Å². The molecule has 0 bridgehead atoms. The molecule has 75 heavy (non-hydrogen) atoms. The lowest BCUT2D eigenvalue weighted by atomic mass is 9.80. The highest BCUT2D eigenvalue weighted by Crippen LogP contribution is 2.42. The Morgan fingerprint density at radius 3 is 2.37 bits per heavy atom. The third-order valence-electron chi connectivity index (χ3n) is 14.5. The van der Waals surface area contributed by atoms with Crippen LogP contribution in [-0.2, 0) is 4.79 Å². The first-order valence-corrected chi connectivity index (χ1v) is 28.7. The SMILES string of the molecule is C=CCCN(CC)CCC(CSc1ccccc1)Nc1ccc(C(=O)c2ccc(N3CCN(CC4=C(c5ccc(Cl)cc5)CCC(CN5CC=CC(NC(CO)CCC(=O)NC)C5)C4)CC3)cc2)cc1SC(F)(F)F. The lowest BCUT2D eigenvalue weighted by Gasteiger charge is -2.39. The van der Waals surface area contributed by atoms with Gasteiger partial charge < -0.3 is 30.9 Å². The number of carbonyl (C=O) groups excluding carboxylic acids is 2. The number of aliphatic hydroxyl groups excluding tert-OH is 1. The molecule has 0 aromatic heterocycles. The number of hydrogen-bond acceptors (Lipinski definition) is 11. The van der Waals surface area contributed by atoms with Crippen LogP contribution in [0.1, 0.15) is 73.4 Å². The minimum absolute atomic E-state index is 0.0196. The van der Waals surface area contributed by atoms with Crippen molar-refractivity contribution in [2.75, 3.05) is 102 Å². The average Bonchev–Trinajstić information content (AvgIpc) is 3.42. The Labute approximate surface area is 456 Å². The fraction of sp³-hybridized carbons (Fsp3) is 0.458. The molecule has 7 rings (SSSR count). The molecule has 404 valence electrons. The van der Waals surface area contributed by atoms with Crippen molar-refractivity contribution in [3.05, 3.63) is 149 Å².